The van der Waals surface area contributed by atoms with Gasteiger partial charge in [-0.25, -0.2) is 0 Å². The van der Waals surface area contributed by atoms with E-state index in [1.807, 2.05) is 6.20 Å². The molecule has 2 fully saturated rings. The van der Waals surface area contributed by atoms with Crippen molar-refractivity contribution >= 4 is 16.6 Å². The number of aromatic nitrogens is 1. The fraction of sp³-hybridized carbons (Fsp3) is 0.500. The molecule has 100 valence electrons. The molecule has 2 aromatic rings. The van der Waals surface area contributed by atoms with Crippen molar-refractivity contribution < 1.29 is 0 Å². The zero-order valence-electron chi connectivity index (χ0n) is 11.4. The van der Waals surface area contributed by atoms with Gasteiger partial charge in [0.25, 0.3) is 0 Å². The SMILES string of the molecule is CN1C2CCC1CC(Nc1ccc3[nH]ccc3c1)C2. The summed E-state index contributed by atoms with van der Waals surface area (Å²) in [4.78, 5) is 5.84. The third-order valence-electron chi connectivity index (χ3n) is 5.02. The molecule has 2 saturated heterocycles. The van der Waals surface area contributed by atoms with E-state index < -0.39 is 0 Å². The third kappa shape index (κ3) is 1.93. The molecule has 4 rings (SSSR count). The predicted octanol–water partition coefficient (Wildman–Crippen LogP) is 3.21. The molecule has 2 unspecified atom stereocenters. The Morgan fingerprint density at radius 1 is 1.16 bits per heavy atom. The maximum Gasteiger partial charge on any atom is 0.0455 e. The van der Waals surface area contributed by atoms with E-state index in [9.17, 15) is 0 Å². The molecule has 2 aliphatic heterocycles. The number of benzene rings is 1. The average Bonchev–Trinajstić information content (AvgIpc) is 2.92. The topological polar surface area (TPSA) is 31.1 Å². The lowest BCUT2D eigenvalue weighted by molar-refractivity contribution is 0.169. The number of piperidine rings is 1. The van der Waals surface area contributed by atoms with Crippen molar-refractivity contribution in [1.82, 2.24) is 9.88 Å². The van der Waals surface area contributed by atoms with Gasteiger partial charge in [0, 0.05) is 40.9 Å². The van der Waals surface area contributed by atoms with Crippen LogP contribution in [0.5, 0.6) is 0 Å². The zero-order chi connectivity index (χ0) is 12.8. The van der Waals surface area contributed by atoms with Crippen molar-refractivity contribution in [3.63, 3.8) is 0 Å². The second-order valence-electron chi connectivity index (χ2n) is 6.14. The van der Waals surface area contributed by atoms with Gasteiger partial charge in [0.1, 0.15) is 0 Å². The smallest absolute Gasteiger partial charge is 0.0455 e. The van der Waals surface area contributed by atoms with Crippen molar-refractivity contribution in [2.24, 2.45) is 0 Å². The molecule has 0 aliphatic carbocycles. The van der Waals surface area contributed by atoms with Gasteiger partial charge in [0.15, 0.2) is 0 Å². The Labute approximate surface area is 114 Å². The Morgan fingerprint density at radius 3 is 2.74 bits per heavy atom. The molecule has 1 aromatic carbocycles. The Morgan fingerprint density at radius 2 is 1.95 bits per heavy atom. The Balaban J connectivity index is 1.52. The standard InChI is InChI=1S/C16H21N3/c1-19-14-3-4-15(19)10-13(9-14)18-12-2-5-16-11(8-12)6-7-17-16/h2,5-8,13-15,17-18H,3-4,9-10H2,1H3. The van der Waals surface area contributed by atoms with E-state index in [1.165, 1.54) is 42.3 Å². The maximum atomic E-state index is 3.74. The molecule has 3 nitrogen and oxygen atoms in total. The number of anilines is 1. The van der Waals surface area contributed by atoms with E-state index in [0.29, 0.717) is 6.04 Å². The minimum absolute atomic E-state index is 0.644. The lowest BCUT2D eigenvalue weighted by atomic mass is 9.97. The second kappa shape index (κ2) is 4.27. The number of hydrogen-bond donors (Lipinski definition) is 2. The van der Waals surface area contributed by atoms with Crippen molar-refractivity contribution in [2.45, 2.75) is 43.8 Å². The molecule has 0 spiro atoms. The molecule has 2 aliphatic rings. The van der Waals surface area contributed by atoms with Crippen LogP contribution in [-0.4, -0.2) is 35.1 Å². The van der Waals surface area contributed by atoms with Crippen LogP contribution in [0.3, 0.4) is 0 Å². The van der Waals surface area contributed by atoms with Gasteiger partial charge in [0.05, 0.1) is 0 Å². The van der Waals surface area contributed by atoms with Crippen LogP contribution in [0.15, 0.2) is 30.5 Å². The van der Waals surface area contributed by atoms with Gasteiger partial charge in [-0.3, -0.25) is 0 Å². The summed E-state index contributed by atoms with van der Waals surface area (Å²) >= 11 is 0. The van der Waals surface area contributed by atoms with E-state index in [4.69, 9.17) is 0 Å². The summed E-state index contributed by atoms with van der Waals surface area (Å²) in [5, 5.41) is 5.04. The van der Waals surface area contributed by atoms with E-state index in [2.05, 4.69) is 46.5 Å². The highest BCUT2D eigenvalue weighted by Gasteiger charge is 2.38. The number of rotatable bonds is 2. The van der Waals surface area contributed by atoms with Crippen molar-refractivity contribution in [2.75, 3.05) is 12.4 Å². The van der Waals surface area contributed by atoms with Crippen LogP contribution in [0.4, 0.5) is 5.69 Å². The van der Waals surface area contributed by atoms with Crippen molar-refractivity contribution in [3.05, 3.63) is 30.5 Å². The summed E-state index contributed by atoms with van der Waals surface area (Å²) < 4.78 is 0. The summed E-state index contributed by atoms with van der Waals surface area (Å²) in [6.07, 6.45) is 7.35. The number of fused-ring (bicyclic) bond motifs is 3. The van der Waals surface area contributed by atoms with Crippen LogP contribution in [0.2, 0.25) is 0 Å². The number of hydrogen-bond acceptors (Lipinski definition) is 2. The molecule has 3 heteroatoms. The molecule has 2 N–H and O–H groups in total. The number of aromatic amines is 1. The predicted molar refractivity (Wildman–Crippen MR) is 79.5 cm³/mol. The van der Waals surface area contributed by atoms with Crippen LogP contribution in [0.1, 0.15) is 25.7 Å². The van der Waals surface area contributed by atoms with Gasteiger partial charge in [-0.05, 0) is 57.0 Å². The number of H-pyrrole nitrogens is 1. The third-order valence-corrected chi connectivity index (χ3v) is 5.02. The summed E-state index contributed by atoms with van der Waals surface area (Å²) in [7, 11) is 2.30. The van der Waals surface area contributed by atoms with Gasteiger partial charge in [-0.1, -0.05) is 0 Å². The molecular weight excluding hydrogens is 234 g/mol. The molecule has 0 radical (unpaired) electrons. The molecule has 0 saturated carbocycles. The molecular formula is C16H21N3. The lowest BCUT2D eigenvalue weighted by Crippen LogP contribution is -2.44. The number of nitrogens with zero attached hydrogens (tertiary/aromatic N) is 1. The first kappa shape index (κ1) is 11.4. The minimum atomic E-state index is 0.644. The first-order valence-corrected chi connectivity index (χ1v) is 7.35. The summed E-state index contributed by atoms with van der Waals surface area (Å²) in [5.74, 6) is 0. The maximum absolute atomic E-state index is 3.74. The fourth-order valence-electron chi connectivity index (χ4n) is 3.91. The first-order chi connectivity index (χ1) is 9.29. The van der Waals surface area contributed by atoms with Crippen LogP contribution < -0.4 is 5.32 Å². The highest BCUT2D eigenvalue weighted by molar-refractivity contribution is 5.83. The van der Waals surface area contributed by atoms with Crippen LogP contribution >= 0.6 is 0 Å². The molecule has 2 bridgehead atoms. The highest BCUT2D eigenvalue weighted by Crippen LogP contribution is 2.35. The van der Waals surface area contributed by atoms with Gasteiger partial charge in [0.2, 0.25) is 0 Å². The van der Waals surface area contributed by atoms with Gasteiger partial charge in [-0.15, -0.1) is 0 Å². The van der Waals surface area contributed by atoms with E-state index >= 15 is 0 Å². The highest BCUT2D eigenvalue weighted by atomic mass is 15.2. The average molecular weight is 255 g/mol. The van der Waals surface area contributed by atoms with E-state index in [0.717, 1.165) is 12.1 Å². The Kier molecular flexibility index (Phi) is 2.55. The largest absolute Gasteiger partial charge is 0.382 e. The summed E-state index contributed by atoms with van der Waals surface area (Å²) in [6, 6.07) is 11.0. The van der Waals surface area contributed by atoms with Crippen LogP contribution in [0, 0.1) is 0 Å². The fourth-order valence-corrected chi connectivity index (χ4v) is 3.91. The monoisotopic (exact) mass is 255 g/mol. The molecule has 2 atom stereocenters. The van der Waals surface area contributed by atoms with Gasteiger partial charge in [-0.2, -0.15) is 0 Å². The van der Waals surface area contributed by atoms with Crippen LogP contribution in [0.25, 0.3) is 10.9 Å². The van der Waals surface area contributed by atoms with Crippen LogP contribution in [-0.2, 0) is 0 Å². The Bertz CT molecular complexity index is 574. The summed E-state index contributed by atoms with van der Waals surface area (Å²) in [5.41, 5.74) is 2.48. The van der Waals surface area contributed by atoms with Gasteiger partial charge < -0.3 is 15.2 Å². The molecule has 3 heterocycles. The quantitative estimate of drug-likeness (QED) is 0.863. The van der Waals surface area contributed by atoms with Crippen molar-refractivity contribution in [1.29, 1.82) is 0 Å². The molecule has 0 amide bonds. The lowest BCUT2D eigenvalue weighted by Gasteiger charge is -2.37. The van der Waals surface area contributed by atoms with Gasteiger partial charge >= 0.3 is 0 Å². The minimum Gasteiger partial charge on any atom is -0.382 e. The second-order valence-corrected chi connectivity index (χ2v) is 6.14. The molecule has 1 aromatic heterocycles. The zero-order valence-corrected chi connectivity index (χ0v) is 11.4. The Hall–Kier alpha value is -1.48. The van der Waals surface area contributed by atoms with E-state index in [-0.39, 0.29) is 0 Å². The van der Waals surface area contributed by atoms with E-state index in [1.54, 1.807) is 0 Å². The summed E-state index contributed by atoms with van der Waals surface area (Å²) in [6.45, 7) is 0. The van der Waals surface area contributed by atoms with Crippen molar-refractivity contribution in [3.8, 4) is 0 Å². The normalized spacial score (nSPS) is 30.9. The number of nitrogens with one attached hydrogen (secondary N) is 2. The first-order valence-electron chi connectivity index (χ1n) is 7.35. The molecule has 19 heavy (non-hydrogen) atoms.